The third-order valence-electron chi connectivity index (χ3n) is 3.22. The summed E-state index contributed by atoms with van der Waals surface area (Å²) in [5.74, 6) is 1.03. The van der Waals surface area contributed by atoms with Crippen molar-refractivity contribution >= 4 is 9.84 Å². The third-order valence-corrected chi connectivity index (χ3v) is 4.35. The first-order chi connectivity index (χ1) is 6.87. The Labute approximate surface area is 93.6 Å². The second-order valence-corrected chi connectivity index (χ2v) is 7.35. The van der Waals surface area contributed by atoms with Gasteiger partial charge in [-0.05, 0) is 30.7 Å². The largest absolute Gasteiger partial charge is 0.316 e. The molecule has 1 rings (SSSR count). The molecule has 0 aliphatic heterocycles. The highest BCUT2D eigenvalue weighted by atomic mass is 32.2. The van der Waals surface area contributed by atoms with E-state index < -0.39 is 9.84 Å². The van der Waals surface area contributed by atoms with Crippen LogP contribution < -0.4 is 5.32 Å². The lowest BCUT2D eigenvalue weighted by molar-refractivity contribution is 0.440. The molecule has 90 valence electrons. The molecule has 1 N–H and O–H groups in total. The van der Waals surface area contributed by atoms with Crippen LogP contribution in [0.1, 0.15) is 33.1 Å². The Hall–Kier alpha value is -0.0900. The van der Waals surface area contributed by atoms with Crippen LogP contribution in [0.5, 0.6) is 0 Å². The number of sulfone groups is 1. The Morgan fingerprint density at radius 1 is 1.40 bits per heavy atom. The minimum Gasteiger partial charge on any atom is -0.316 e. The molecule has 0 saturated heterocycles. The van der Waals surface area contributed by atoms with Gasteiger partial charge in [0.25, 0.3) is 0 Å². The zero-order chi connectivity index (χ0) is 11.5. The molecule has 1 aliphatic rings. The maximum absolute atomic E-state index is 11.2. The highest BCUT2D eigenvalue weighted by Gasteiger charge is 2.44. The molecule has 0 amide bonds. The SMILES string of the molecule is CCC(C)CNCC1(CS(C)(=O)=O)CC1. The Morgan fingerprint density at radius 3 is 2.40 bits per heavy atom. The van der Waals surface area contributed by atoms with Gasteiger partial charge in [-0.1, -0.05) is 20.3 Å². The van der Waals surface area contributed by atoms with E-state index in [1.807, 2.05) is 0 Å². The molecule has 0 bridgehead atoms. The molecule has 15 heavy (non-hydrogen) atoms. The first-order valence-electron chi connectivity index (χ1n) is 5.75. The van der Waals surface area contributed by atoms with Gasteiger partial charge in [0.15, 0.2) is 0 Å². The van der Waals surface area contributed by atoms with Crippen LogP contribution in [-0.4, -0.2) is 33.5 Å². The van der Waals surface area contributed by atoms with Gasteiger partial charge < -0.3 is 5.32 Å². The Balaban J connectivity index is 2.26. The van der Waals surface area contributed by atoms with Gasteiger partial charge in [-0.25, -0.2) is 8.42 Å². The van der Waals surface area contributed by atoms with Gasteiger partial charge >= 0.3 is 0 Å². The van der Waals surface area contributed by atoms with Crippen molar-refractivity contribution in [3.8, 4) is 0 Å². The first-order valence-corrected chi connectivity index (χ1v) is 7.81. The van der Waals surface area contributed by atoms with Crippen molar-refractivity contribution in [1.82, 2.24) is 5.32 Å². The maximum atomic E-state index is 11.2. The van der Waals surface area contributed by atoms with Gasteiger partial charge in [-0.2, -0.15) is 0 Å². The number of rotatable bonds is 7. The molecule has 0 spiro atoms. The Bertz CT molecular complexity index is 294. The Kier molecular flexibility index (Phi) is 4.18. The summed E-state index contributed by atoms with van der Waals surface area (Å²) in [6.45, 7) is 6.26. The summed E-state index contributed by atoms with van der Waals surface area (Å²) in [6.07, 6.45) is 4.63. The van der Waals surface area contributed by atoms with Crippen LogP contribution in [0.15, 0.2) is 0 Å². The van der Waals surface area contributed by atoms with Crippen LogP contribution in [0.4, 0.5) is 0 Å². The zero-order valence-electron chi connectivity index (χ0n) is 10.0. The average Bonchev–Trinajstić information content (AvgIpc) is 2.81. The van der Waals surface area contributed by atoms with Crippen molar-refractivity contribution in [2.24, 2.45) is 11.3 Å². The molecule has 3 nitrogen and oxygen atoms in total. The van der Waals surface area contributed by atoms with Crippen molar-refractivity contribution in [3.63, 3.8) is 0 Å². The zero-order valence-corrected chi connectivity index (χ0v) is 10.9. The third kappa shape index (κ3) is 4.98. The van der Waals surface area contributed by atoms with E-state index in [1.54, 1.807) is 0 Å². The molecular weight excluding hydrogens is 210 g/mol. The predicted octanol–water partition coefficient (Wildman–Crippen LogP) is 1.45. The van der Waals surface area contributed by atoms with Gasteiger partial charge in [0.2, 0.25) is 0 Å². The smallest absolute Gasteiger partial charge is 0.148 e. The van der Waals surface area contributed by atoms with Crippen molar-refractivity contribution < 1.29 is 8.42 Å². The topological polar surface area (TPSA) is 46.2 Å². The van der Waals surface area contributed by atoms with Gasteiger partial charge in [0.05, 0.1) is 5.75 Å². The second kappa shape index (κ2) is 4.83. The molecule has 1 saturated carbocycles. The fourth-order valence-corrected chi connectivity index (χ4v) is 3.34. The minimum absolute atomic E-state index is 0.0705. The van der Waals surface area contributed by atoms with E-state index in [0.717, 1.165) is 25.9 Å². The van der Waals surface area contributed by atoms with E-state index in [4.69, 9.17) is 0 Å². The molecule has 0 radical (unpaired) electrons. The fourth-order valence-electron chi connectivity index (χ4n) is 1.83. The summed E-state index contributed by atoms with van der Waals surface area (Å²) in [5, 5.41) is 3.40. The summed E-state index contributed by atoms with van der Waals surface area (Å²) in [7, 11) is -2.82. The van der Waals surface area contributed by atoms with E-state index in [9.17, 15) is 8.42 Å². The lowest BCUT2D eigenvalue weighted by atomic mass is 10.1. The van der Waals surface area contributed by atoms with Crippen LogP contribution in [0, 0.1) is 11.3 Å². The van der Waals surface area contributed by atoms with Crippen molar-refractivity contribution in [2.75, 3.05) is 25.1 Å². The molecule has 1 atom stereocenters. The first kappa shape index (κ1) is 13.0. The van der Waals surface area contributed by atoms with E-state index in [2.05, 4.69) is 19.2 Å². The quantitative estimate of drug-likeness (QED) is 0.724. The highest BCUT2D eigenvalue weighted by Crippen LogP contribution is 2.45. The number of hydrogen-bond donors (Lipinski definition) is 1. The lowest BCUT2D eigenvalue weighted by Crippen LogP contribution is -2.31. The summed E-state index contributed by atoms with van der Waals surface area (Å²) in [6, 6.07) is 0. The van der Waals surface area contributed by atoms with Crippen molar-refractivity contribution in [1.29, 1.82) is 0 Å². The molecule has 1 fully saturated rings. The van der Waals surface area contributed by atoms with Gasteiger partial charge in [0.1, 0.15) is 9.84 Å². The van der Waals surface area contributed by atoms with Crippen LogP contribution in [0.3, 0.4) is 0 Å². The lowest BCUT2D eigenvalue weighted by Gasteiger charge is -2.16. The fraction of sp³-hybridized carbons (Fsp3) is 1.00. The number of hydrogen-bond acceptors (Lipinski definition) is 3. The molecular formula is C11H23NO2S. The minimum atomic E-state index is -2.82. The normalized spacial score (nSPS) is 21.3. The standard InChI is InChI=1S/C11H23NO2S/c1-4-10(2)7-12-8-11(5-6-11)9-15(3,13)14/h10,12H,4-9H2,1-3H3. The van der Waals surface area contributed by atoms with Gasteiger partial charge in [0, 0.05) is 12.8 Å². The van der Waals surface area contributed by atoms with E-state index in [0.29, 0.717) is 11.7 Å². The average molecular weight is 233 g/mol. The van der Waals surface area contributed by atoms with Gasteiger partial charge in [-0.3, -0.25) is 0 Å². The van der Waals surface area contributed by atoms with E-state index >= 15 is 0 Å². The summed E-state index contributed by atoms with van der Waals surface area (Å²) < 4.78 is 22.4. The van der Waals surface area contributed by atoms with E-state index in [-0.39, 0.29) is 5.41 Å². The van der Waals surface area contributed by atoms with Crippen LogP contribution in [0.2, 0.25) is 0 Å². The molecule has 4 heteroatoms. The van der Waals surface area contributed by atoms with Crippen molar-refractivity contribution in [3.05, 3.63) is 0 Å². The number of nitrogens with one attached hydrogen (secondary N) is 1. The van der Waals surface area contributed by atoms with E-state index in [1.165, 1.54) is 12.7 Å². The second-order valence-electron chi connectivity index (χ2n) is 5.21. The monoisotopic (exact) mass is 233 g/mol. The molecule has 0 heterocycles. The summed E-state index contributed by atoms with van der Waals surface area (Å²) in [4.78, 5) is 0. The van der Waals surface area contributed by atoms with Crippen LogP contribution in [-0.2, 0) is 9.84 Å². The Morgan fingerprint density at radius 2 is 2.00 bits per heavy atom. The van der Waals surface area contributed by atoms with Crippen LogP contribution in [0.25, 0.3) is 0 Å². The molecule has 1 unspecified atom stereocenters. The van der Waals surface area contributed by atoms with Crippen LogP contribution >= 0.6 is 0 Å². The molecule has 0 aromatic carbocycles. The molecule has 0 aromatic heterocycles. The summed E-state index contributed by atoms with van der Waals surface area (Å²) >= 11 is 0. The maximum Gasteiger partial charge on any atom is 0.148 e. The van der Waals surface area contributed by atoms with Crippen molar-refractivity contribution in [2.45, 2.75) is 33.1 Å². The van der Waals surface area contributed by atoms with Gasteiger partial charge in [-0.15, -0.1) is 0 Å². The predicted molar refractivity (Wildman–Crippen MR) is 63.7 cm³/mol. The highest BCUT2D eigenvalue weighted by molar-refractivity contribution is 7.90. The summed E-state index contributed by atoms with van der Waals surface area (Å²) in [5.41, 5.74) is 0.0705. The molecule has 0 aromatic rings. The molecule has 1 aliphatic carbocycles.